The summed E-state index contributed by atoms with van der Waals surface area (Å²) < 4.78 is 0. The highest BCUT2D eigenvalue weighted by Crippen LogP contribution is 2.19. The molecule has 0 aliphatic heterocycles. The topological polar surface area (TPSA) is 56.0 Å². The van der Waals surface area contributed by atoms with Crippen LogP contribution in [0, 0.1) is 6.92 Å². The molecule has 0 atom stereocenters. The normalized spacial score (nSPS) is 10.7. The van der Waals surface area contributed by atoms with Crippen molar-refractivity contribution in [3.8, 4) is 0 Å². The fraction of sp³-hybridized carbons (Fsp3) is 0.111. The molecule has 3 aromatic rings. The van der Waals surface area contributed by atoms with Crippen molar-refractivity contribution in [2.24, 2.45) is 0 Å². The second kappa shape index (κ2) is 5.37. The lowest BCUT2D eigenvalue weighted by Crippen LogP contribution is -2.05. The Morgan fingerprint density at radius 1 is 1.14 bits per heavy atom. The molecule has 0 aliphatic carbocycles. The summed E-state index contributed by atoms with van der Waals surface area (Å²) >= 11 is 0. The Morgan fingerprint density at radius 3 is 2.76 bits per heavy atom. The van der Waals surface area contributed by atoms with Gasteiger partial charge in [-0.05, 0) is 36.2 Å². The van der Waals surface area contributed by atoms with E-state index in [9.17, 15) is 4.79 Å². The Kier molecular flexibility index (Phi) is 3.40. The summed E-state index contributed by atoms with van der Waals surface area (Å²) in [5.74, 6) is 0.0676. The van der Waals surface area contributed by atoms with E-state index in [1.54, 1.807) is 12.3 Å². The summed E-state index contributed by atoms with van der Waals surface area (Å²) in [7, 11) is 0. The van der Waals surface area contributed by atoms with Crippen molar-refractivity contribution in [1.82, 2.24) is 4.98 Å². The number of nitrogen functional groups attached to an aromatic ring is 1. The maximum Gasteiger partial charge on any atom is 0.167 e. The standard InChI is InChI=1S/C18H16N2O/c1-12-6-7-14(10-16(12)19)18(21)11-13-8-9-20-17-5-3-2-4-15(13)17/h2-10H,11,19H2,1H3. The van der Waals surface area contributed by atoms with Gasteiger partial charge in [-0.25, -0.2) is 0 Å². The minimum atomic E-state index is 0.0676. The van der Waals surface area contributed by atoms with Crippen LogP contribution in [0.25, 0.3) is 10.9 Å². The molecule has 0 aliphatic rings. The van der Waals surface area contributed by atoms with Gasteiger partial charge in [0.05, 0.1) is 5.52 Å². The number of carbonyl (C=O) groups excluding carboxylic acids is 1. The van der Waals surface area contributed by atoms with Gasteiger partial charge in [-0.1, -0.05) is 30.3 Å². The molecule has 3 nitrogen and oxygen atoms in total. The molecular weight excluding hydrogens is 260 g/mol. The minimum absolute atomic E-state index is 0.0676. The summed E-state index contributed by atoms with van der Waals surface area (Å²) in [6, 6.07) is 15.2. The first-order valence-electron chi connectivity index (χ1n) is 6.87. The number of aryl methyl sites for hydroxylation is 1. The number of Topliss-reactive ketones (excluding diaryl/α,β-unsaturated/α-hetero) is 1. The van der Waals surface area contributed by atoms with Crippen molar-refractivity contribution in [3.63, 3.8) is 0 Å². The average molecular weight is 276 g/mol. The van der Waals surface area contributed by atoms with Gasteiger partial charge in [-0.3, -0.25) is 9.78 Å². The van der Waals surface area contributed by atoms with Gasteiger partial charge < -0.3 is 5.73 Å². The van der Waals surface area contributed by atoms with E-state index in [2.05, 4.69) is 4.98 Å². The second-order valence-corrected chi connectivity index (χ2v) is 5.16. The molecule has 0 fully saturated rings. The molecule has 2 aromatic carbocycles. The first-order valence-corrected chi connectivity index (χ1v) is 6.87. The highest BCUT2D eigenvalue weighted by Gasteiger charge is 2.10. The average Bonchev–Trinajstić information content (AvgIpc) is 2.50. The first kappa shape index (κ1) is 13.3. The van der Waals surface area contributed by atoms with Crippen LogP contribution in [-0.4, -0.2) is 10.8 Å². The number of benzene rings is 2. The van der Waals surface area contributed by atoms with Crippen LogP contribution in [0.2, 0.25) is 0 Å². The van der Waals surface area contributed by atoms with E-state index in [-0.39, 0.29) is 5.78 Å². The van der Waals surface area contributed by atoms with E-state index in [0.717, 1.165) is 22.0 Å². The Labute approximate surface area is 123 Å². The molecule has 3 rings (SSSR count). The van der Waals surface area contributed by atoms with Gasteiger partial charge in [0, 0.05) is 29.3 Å². The third-order valence-corrected chi connectivity index (χ3v) is 3.69. The van der Waals surface area contributed by atoms with Gasteiger partial charge in [0.1, 0.15) is 0 Å². The number of para-hydroxylation sites is 1. The minimum Gasteiger partial charge on any atom is -0.398 e. The van der Waals surface area contributed by atoms with E-state index in [4.69, 9.17) is 5.73 Å². The van der Waals surface area contributed by atoms with Gasteiger partial charge >= 0.3 is 0 Å². The zero-order valence-corrected chi connectivity index (χ0v) is 11.8. The molecule has 0 radical (unpaired) electrons. The molecule has 0 amide bonds. The second-order valence-electron chi connectivity index (χ2n) is 5.16. The summed E-state index contributed by atoms with van der Waals surface area (Å²) in [5.41, 5.74) is 10.1. The van der Waals surface area contributed by atoms with Crippen LogP contribution in [0.1, 0.15) is 21.5 Å². The molecule has 104 valence electrons. The van der Waals surface area contributed by atoms with Gasteiger partial charge in [0.15, 0.2) is 5.78 Å². The van der Waals surface area contributed by atoms with E-state index in [0.29, 0.717) is 17.7 Å². The molecular formula is C18H16N2O. The molecule has 2 N–H and O–H groups in total. The van der Waals surface area contributed by atoms with Gasteiger partial charge in [0.2, 0.25) is 0 Å². The summed E-state index contributed by atoms with van der Waals surface area (Å²) in [6.45, 7) is 1.93. The van der Waals surface area contributed by atoms with Crippen LogP contribution < -0.4 is 5.73 Å². The number of carbonyl (C=O) groups is 1. The molecule has 1 heterocycles. The third-order valence-electron chi connectivity index (χ3n) is 3.69. The fourth-order valence-corrected chi connectivity index (χ4v) is 2.40. The third kappa shape index (κ3) is 2.63. The van der Waals surface area contributed by atoms with E-state index in [1.165, 1.54) is 0 Å². The number of ketones is 1. The van der Waals surface area contributed by atoms with Crippen LogP contribution in [0.5, 0.6) is 0 Å². The number of anilines is 1. The Bertz CT molecular complexity index is 819. The highest BCUT2D eigenvalue weighted by molar-refractivity contribution is 6.00. The van der Waals surface area contributed by atoms with Crippen molar-refractivity contribution < 1.29 is 4.79 Å². The molecule has 0 spiro atoms. The summed E-state index contributed by atoms with van der Waals surface area (Å²) in [5, 5.41) is 1.02. The first-order chi connectivity index (χ1) is 10.1. The van der Waals surface area contributed by atoms with Crippen molar-refractivity contribution in [2.75, 3.05) is 5.73 Å². The number of fused-ring (bicyclic) bond motifs is 1. The molecule has 21 heavy (non-hydrogen) atoms. The van der Waals surface area contributed by atoms with Crippen LogP contribution in [0.15, 0.2) is 54.7 Å². The molecule has 0 saturated carbocycles. The number of hydrogen-bond acceptors (Lipinski definition) is 3. The lowest BCUT2D eigenvalue weighted by Gasteiger charge is -2.07. The quantitative estimate of drug-likeness (QED) is 0.588. The molecule has 0 bridgehead atoms. The SMILES string of the molecule is Cc1ccc(C(=O)Cc2ccnc3ccccc23)cc1N. The Balaban J connectivity index is 1.94. The number of hydrogen-bond donors (Lipinski definition) is 1. The van der Waals surface area contributed by atoms with Crippen LogP contribution in [-0.2, 0) is 6.42 Å². The van der Waals surface area contributed by atoms with E-state index < -0.39 is 0 Å². The molecule has 1 aromatic heterocycles. The number of rotatable bonds is 3. The van der Waals surface area contributed by atoms with Gasteiger partial charge in [-0.2, -0.15) is 0 Å². The smallest absolute Gasteiger partial charge is 0.167 e. The van der Waals surface area contributed by atoms with Crippen molar-refractivity contribution in [1.29, 1.82) is 0 Å². The lowest BCUT2D eigenvalue weighted by molar-refractivity contribution is 0.0993. The number of nitrogens with two attached hydrogens (primary N) is 1. The largest absolute Gasteiger partial charge is 0.398 e. The predicted molar refractivity (Wildman–Crippen MR) is 85.4 cm³/mol. The van der Waals surface area contributed by atoms with Gasteiger partial charge in [-0.15, -0.1) is 0 Å². The number of nitrogens with zero attached hydrogens (tertiary/aromatic N) is 1. The lowest BCUT2D eigenvalue weighted by atomic mass is 9.99. The van der Waals surface area contributed by atoms with Crippen molar-refractivity contribution in [2.45, 2.75) is 13.3 Å². The monoisotopic (exact) mass is 276 g/mol. The van der Waals surface area contributed by atoms with Crippen LogP contribution >= 0.6 is 0 Å². The number of pyridine rings is 1. The molecule has 0 saturated heterocycles. The maximum atomic E-state index is 12.4. The van der Waals surface area contributed by atoms with Crippen molar-refractivity contribution in [3.05, 3.63) is 71.4 Å². The fourth-order valence-electron chi connectivity index (χ4n) is 2.40. The van der Waals surface area contributed by atoms with Crippen LogP contribution in [0.4, 0.5) is 5.69 Å². The Morgan fingerprint density at radius 2 is 1.95 bits per heavy atom. The van der Waals surface area contributed by atoms with Crippen LogP contribution in [0.3, 0.4) is 0 Å². The zero-order valence-electron chi connectivity index (χ0n) is 11.8. The predicted octanol–water partition coefficient (Wildman–Crippen LogP) is 3.55. The van der Waals surface area contributed by atoms with E-state index >= 15 is 0 Å². The molecule has 0 unspecified atom stereocenters. The summed E-state index contributed by atoms with van der Waals surface area (Å²) in [4.78, 5) is 16.8. The van der Waals surface area contributed by atoms with Crippen molar-refractivity contribution >= 4 is 22.4 Å². The molecule has 3 heteroatoms. The summed E-state index contributed by atoms with van der Waals surface area (Å²) in [6.07, 6.45) is 2.10. The zero-order chi connectivity index (χ0) is 14.8. The highest BCUT2D eigenvalue weighted by atomic mass is 16.1. The Hall–Kier alpha value is -2.68. The maximum absolute atomic E-state index is 12.4. The number of aromatic nitrogens is 1. The van der Waals surface area contributed by atoms with Gasteiger partial charge in [0.25, 0.3) is 0 Å². The van der Waals surface area contributed by atoms with E-state index in [1.807, 2.05) is 49.4 Å².